The third-order valence-corrected chi connectivity index (χ3v) is 5.08. The van der Waals surface area contributed by atoms with Crippen LogP contribution >= 0.6 is 0 Å². The number of hydrogen-bond donors (Lipinski definition) is 2. The summed E-state index contributed by atoms with van der Waals surface area (Å²) in [5.41, 5.74) is -0.0254. The van der Waals surface area contributed by atoms with Crippen molar-refractivity contribution in [1.82, 2.24) is 5.32 Å². The molecule has 2 N–H and O–H groups in total. The lowest BCUT2D eigenvalue weighted by molar-refractivity contribution is -0.141. The van der Waals surface area contributed by atoms with Crippen molar-refractivity contribution in [2.24, 2.45) is 0 Å². The molecule has 1 aromatic carbocycles. The molecule has 0 aliphatic heterocycles. The largest absolute Gasteiger partial charge is 0.494 e. The highest BCUT2D eigenvalue weighted by Gasteiger charge is 2.25. The van der Waals surface area contributed by atoms with Crippen molar-refractivity contribution >= 4 is 21.7 Å². The molecule has 0 fully saturated rings. The molecule has 0 aromatic heterocycles. The average molecular weight is 375 g/mol. The molecule has 1 amide bonds. The lowest BCUT2D eigenvalue weighted by Gasteiger charge is -2.16. The normalized spacial score (nSPS) is 12.4. The van der Waals surface area contributed by atoms with Gasteiger partial charge in [0.2, 0.25) is 5.91 Å². The number of ether oxygens (including phenoxy) is 1. The molecule has 1 aromatic rings. The number of methoxy groups -OCH3 is 1. The topological polar surface area (TPSA) is 110 Å². The first kappa shape index (κ1) is 20.9. The number of carbonyl (C=O) groups is 2. The van der Waals surface area contributed by atoms with Crippen LogP contribution in [0.25, 0.3) is 0 Å². The van der Waals surface area contributed by atoms with Crippen molar-refractivity contribution in [3.8, 4) is 5.75 Å². The summed E-state index contributed by atoms with van der Waals surface area (Å²) in [5.74, 6) is -4.17. The van der Waals surface area contributed by atoms with Crippen LogP contribution in [0.2, 0.25) is 0 Å². The summed E-state index contributed by atoms with van der Waals surface area (Å²) in [6, 6.07) is 1.89. The number of carboxylic acid groups (broad SMARTS) is 1. The van der Waals surface area contributed by atoms with Crippen LogP contribution in [0.4, 0.5) is 4.39 Å². The van der Waals surface area contributed by atoms with E-state index in [2.05, 4.69) is 5.32 Å². The molecule has 1 rings (SSSR count). The molecule has 1 atom stereocenters. The van der Waals surface area contributed by atoms with Gasteiger partial charge in [-0.15, -0.1) is 0 Å². The number of halogens is 1. The van der Waals surface area contributed by atoms with Crippen molar-refractivity contribution in [3.63, 3.8) is 0 Å². The molecule has 0 saturated heterocycles. The van der Waals surface area contributed by atoms with Crippen LogP contribution in [0.5, 0.6) is 5.75 Å². The van der Waals surface area contributed by atoms with E-state index in [1.807, 2.05) is 6.92 Å². The van der Waals surface area contributed by atoms with E-state index in [4.69, 9.17) is 4.74 Å². The number of hydrogen-bond acceptors (Lipinski definition) is 5. The van der Waals surface area contributed by atoms with E-state index in [0.29, 0.717) is 6.42 Å². The molecule has 0 radical (unpaired) electrons. The van der Waals surface area contributed by atoms with Crippen molar-refractivity contribution < 1.29 is 32.2 Å². The van der Waals surface area contributed by atoms with Crippen molar-refractivity contribution in [3.05, 3.63) is 29.6 Å². The minimum atomic E-state index is -3.62. The highest BCUT2D eigenvalue weighted by atomic mass is 32.2. The zero-order chi connectivity index (χ0) is 19.0. The van der Waals surface area contributed by atoms with Crippen LogP contribution in [0.15, 0.2) is 18.2 Å². The minimum absolute atomic E-state index is 0.0254. The number of carboxylic acids is 1. The van der Waals surface area contributed by atoms with Crippen LogP contribution in [0.1, 0.15) is 37.8 Å². The Labute approximate surface area is 146 Å². The van der Waals surface area contributed by atoms with Gasteiger partial charge in [0, 0.05) is 0 Å². The van der Waals surface area contributed by atoms with Gasteiger partial charge in [-0.2, -0.15) is 0 Å². The summed E-state index contributed by atoms with van der Waals surface area (Å²) in [7, 11) is -2.36. The quantitative estimate of drug-likeness (QED) is 0.602. The van der Waals surface area contributed by atoms with Gasteiger partial charge in [0.15, 0.2) is 27.4 Å². The molecule has 0 bridgehead atoms. The van der Waals surface area contributed by atoms with Crippen LogP contribution in [-0.4, -0.2) is 44.0 Å². The molecule has 7 nitrogen and oxygen atoms in total. The van der Waals surface area contributed by atoms with Gasteiger partial charge in [0.05, 0.1) is 12.9 Å². The summed E-state index contributed by atoms with van der Waals surface area (Å²) >= 11 is 0. The number of rotatable bonds is 10. The van der Waals surface area contributed by atoms with Crippen molar-refractivity contribution in [2.75, 3.05) is 18.6 Å². The Hall–Kier alpha value is -2.16. The van der Waals surface area contributed by atoms with Crippen LogP contribution < -0.4 is 10.1 Å². The third kappa shape index (κ3) is 6.69. The first-order chi connectivity index (χ1) is 11.7. The van der Waals surface area contributed by atoms with Crippen LogP contribution in [-0.2, 0) is 19.4 Å². The number of unbranched alkanes of at least 4 members (excludes halogenated alkanes) is 2. The minimum Gasteiger partial charge on any atom is -0.494 e. The molecule has 1 unspecified atom stereocenters. The van der Waals surface area contributed by atoms with Gasteiger partial charge >= 0.3 is 5.97 Å². The van der Waals surface area contributed by atoms with Gasteiger partial charge in [-0.1, -0.05) is 25.8 Å². The van der Waals surface area contributed by atoms with Crippen molar-refractivity contribution in [1.29, 1.82) is 0 Å². The monoisotopic (exact) mass is 375 g/mol. The molecule has 140 valence electrons. The standard InChI is InChI=1S/C16H22FNO6S/c1-3-4-5-8-25(22,23)10-14(19)18-15(16(20)21)11-6-7-13(24-2)12(17)9-11/h6-7,9,15H,3-5,8,10H2,1-2H3,(H,18,19)(H,20,21). The average Bonchev–Trinajstić information content (AvgIpc) is 2.52. The maximum atomic E-state index is 13.7. The Kier molecular flexibility index (Phi) is 7.82. The van der Waals surface area contributed by atoms with Crippen LogP contribution in [0.3, 0.4) is 0 Å². The SMILES string of the molecule is CCCCCS(=O)(=O)CC(=O)NC(C(=O)O)c1ccc(OC)c(F)c1. The lowest BCUT2D eigenvalue weighted by atomic mass is 10.1. The summed E-state index contributed by atoms with van der Waals surface area (Å²) in [6.07, 6.45) is 2.01. The Balaban J connectivity index is 2.83. The number of amides is 1. The third-order valence-electron chi connectivity index (χ3n) is 3.47. The fourth-order valence-electron chi connectivity index (χ4n) is 2.20. The first-order valence-electron chi connectivity index (χ1n) is 7.76. The second-order valence-electron chi connectivity index (χ2n) is 5.53. The van der Waals surface area contributed by atoms with E-state index in [1.165, 1.54) is 19.2 Å². The van der Waals surface area contributed by atoms with E-state index in [9.17, 15) is 27.5 Å². The molecule has 0 aliphatic rings. The molecular formula is C16H22FNO6S. The van der Waals surface area contributed by atoms with E-state index >= 15 is 0 Å². The van der Waals surface area contributed by atoms with E-state index in [-0.39, 0.29) is 17.1 Å². The van der Waals surface area contributed by atoms with Gasteiger partial charge in [-0.3, -0.25) is 4.79 Å². The van der Waals surface area contributed by atoms with Crippen molar-refractivity contribution in [2.45, 2.75) is 32.2 Å². The second-order valence-corrected chi connectivity index (χ2v) is 7.72. The predicted molar refractivity (Wildman–Crippen MR) is 89.7 cm³/mol. The van der Waals surface area contributed by atoms with Gasteiger partial charge in [-0.25, -0.2) is 17.6 Å². The molecular weight excluding hydrogens is 353 g/mol. The fourth-order valence-corrected chi connectivity index (χ4v) is 3.47. The molecule has 0 saturated carbocycles. The molecule has 0 aliphatic carbocycles. The van der Waals surface area contributed by atoms with Gasteiger partial charge < -0.3 is 15.2 Å². The maximum absolute atomic E-state index is 13.7. The van der Waals surface area contributed by atoms with Gasteiger partial charge in [0.1, 0.15) is 5.75 Å². The van der Waals surface area contributed by atoms with Crippen LogP contribution in [0, 0.1) is 5.82 Å². The molecule has 25 heavy (non-hydrogen) atoms. The number of aliphatic carboxylic acids is 1. The van der Waals surface area contributed by atoms with E-state index in [1.54, 1.807) is 0 Å². The summed E-state index contributed by atoms with van der Waals surface area (Å²) < 4.78 is 42.2. The Morgan fingerprint density at radius 1 is 1.32 bits per heavy atom. The van der Waals surface area contributed by atoms with E-state index < -0.39 is 39.3 Å². The summed E-state index contributed by atoms with van der Waals surface area (Å²) in [4.78, 5) is 23.3. The smallest absolute Gasteiger partial charge is 0.330 e. The number of carbonyl (C=O) groups excluding carboxylic acids is 1. The molecule has 0 spiro atoms. The Morgan fingerprint density at radius 2 is 2.00 bits per heavy atom. The lowest BCUT2D eigenvalue weighted by Crippen LogP contribution is -2.37. The predicted octanol–water partition coefficient (Wildman–Crippen LogP) is 1.68. The van der Waals surface area contributed by atoms with Gasteiger partial charge in [0.25, 0.3) is 0 Å². The summed E-state index contributed by atoms with van der Waals surface area (Å²) in [6.45, 7) is 1.92. The Morgan fingerprint density at radius 3 is 2.52 bits per heavy atom. The summed E-state index contributed by atoms with van der Waals surface area (Å²) in [5, 5.41) is 11.4. The highest BCUT2D eigenvalue weighted by molar-refractivity contribution is 7.92. The maximum Gasteiger partial charge on any atom is 0.330 e. The second kappa shape index (κ2) is 9.36. The first-order valence-corrected chi connectivity index (χ1v) is 9.58. The zero-order valence-electron chi connectivity index (χ0n) is 14.1. The van der Waals surface area contributed by atoms with E-state index in [0.717, 1.165) is 18.9 Å². The Bertz CT molecular complexity index is 719. The number of benzene rings is 1. The molecule has 0 heterocycles. The zero-order valence-corrected chi connectivity index (χ0v) is 14.9. The fraction of sp³-hybridized carbons (Fsp3) is 0.500. The molecule has 9 heteroatoms. The highest BCUT2D eigenvalue weighted by Crippen LogP contribution is 2.22. The van der Waals surface area contributed by atoms with Gasteiger partial charge in [-0.05, 0) is 24.1 Å². The number of sulfone groups is 1. The number of nitrogens with one attached hydrogen (secondary N) is 1.